The summed E-state index contributed by atoms with van der Waals surface area (Å²) in [4.78, 5) is 14.1. The molecule has 144 valence electrons. The van der Waals surface area contributed by atoms with E-state index in [0.29, 0.717) is 24.7 Å². The predicted molar refractivity (Wildman–Crippen MR) is 92.9 cm³/mol. The van der Waals surface area contributed by atoms with Crippen molar-refractivity contribution in [3.63, 3.8) is 0 Å². The lowest BCUT2D eigenvalue weighted by Gasteiger charge is -2.29. The van der Waals surface area contributed by atoms with Gasteiger partial charge < -0.3 is 23.8 Å². The summed E-state index contributed by atoms with van der Waals surface area (Å²) in [5.74, 6) is 0.916. The van der Waals surface area contributed by atoms with E-state index in [1.165, 1.54) is 30.2 Å². The minimum atomic E-state index is -2.98. The Bertz CT molecular complexity index is 814. The van der Waals surface area contributed by atoms with Crippen LogP contribution in [0.3, 0.4) is 0 Å². The smallest absolute Gasteiger partial charge is 0.387 e. The highest BCUT2D eigenvalue weighted by Crippen LogP contribution is 2.32. The average Bonchev–Trinajstić information content (AvgIpc) is 2.67. The van der Waals surface area contributed by atoms with Crippen molar-refractivity contribution < 1.29 is 32.5 Å². The first-order valence-electron chi connectivity index (χ1n) is 8.24. The second-order valence-corrected chi connectivity index (χ2v) is 5.93. The molecule has 0 spiro atoms. The summed E-state index contributed by atoms with van der Waals surface area (Å²) >= 11 is 0. The van der Waals surface area contributed by atoms with Gasteiger partial charge in [-0.15, -0.1) is 0 Å². The molecular formula is C19H19F2NO5. The third-order valence-electron chi connectivity index (χ3n) is 4.02. The van der Waals surface area contributed by atoms with Gasteiger partial charge in [-0.2, -0.15) is 8.78 Å². The second kappa shape index (κ2) is 8.11. The normalized spacial score (nSPS) is 15.4. The van der Waals surface area contributed by atoms with Crippen molar-refractivity contribution in [3.05, 3.63) is 48.0 Å². The molecule has 0 N–H and O–H groups in total. The Labute approximate surface area is 155 Å². The van der Waals surface area contributed by atoms with Crippen molar-refractivity contribution in [1.82, 2.24) is 4.90 Å². The summed E-state index contributed by atoms with van der Waals surface area (Å²) < 4.78 is 45.7. The van der Waals surface area contributed by atoms with Gasteiger partial charge in [0.15, 0.2) is 29.1 Å². The van der Waals surface area contributed by atoms with E-state index in [1.54, 1.807) is 13.1 Å². The summed E-state index contributed by atoms with van der Waals surface area (Å²) in [7, 11) is 2.94. The first-order valence-corrected chi connectivity index (χ1v) is 8.24. The average molecular weight is 379 g/mol. The highest BCUT2D eigenvalue weighted by atomic mass is 19.3. The molecular weight excluding hydrogens is 360 g/mol. The summed E-state index contributed by atoms with van der Waals surface area (Å²) in [5.41, 5.74) is 0.285. The monoisotopic (exact) mass is 379 g/mol. The molecule has 27 heavy (non-hydrogen) atoms. The Kier molecular flexibility index (Phi) is 5.63. The van der Waals surface area contributed by atoms with E-state index in [9.17, 15) is 13.6 Å². The van der Waals surface area contributed by atoms with Crippen LogP contribution >= 0.6 is 0 Å². The van der Waals surface area contributed by atoms with Gasteiger partial charge in [-0.3, -0.25) is 4.79 Å². The van der Waals surface area contributed by atoms with Crippen molar-refractivity contribution in [1.29, 1.82) is 0 Å². The second-order valence-electron chi connectivity index (χ2n) is 5.93. The number of methoxy groups -OCH3 is 1. The standard InChI is InChI=1S/C19H19F2NO5/c1-22(10-13-11-25-14-5-3-4-6-15(14)26-13)18(23)12-7-8-16(27-19(20)21)17(9-12)24-2/h3-9,13,19H,10-11H2,1-2H3/t13-/m1/s1. The Hall–Kier alpha value is -3.03. The number of carbonyl (C=O) groups excluding carboxylic acids is 1. The largest absolute Gasteiger partial charge is 0.493 e. The molecule has 2 aromatic rings. The van der Waals surface area contributed by atoms with Crippen molar-refractivity contribution in [2.24, 2.45) is 0 Å². The third kappa shape index (κ3) is 4.39. The Morgan fingerprint density at radius 3 is 2.67 bits per heavy atom. The number of para-hydroxylation sites is 2. The van der Waals surface area contributed by atoms with Crippen LogP contribution in [0.4, 0.5) is 8.78 Å². The van der Waals surface area contributed by atoms with Crippen LogP contribution in [0.15, 0.2) is 42.5 Å². The molecule has 0 radical (unpaired) electrons. The van der Waals surface area contributed by atoms with Crippen molar-refractivity contribution in [2.75, 3.05) is 27.3 Å². The highest BCUT2D eigenvalue weighted by molar-refractivity contribution is 5.94. The Balaban J connectivity index is 1.67. The number of benzene rings is 2. The van der Waals surface area contributed by atoms with Crippen LogP contribution in [-0.4, -0.2) is 50.8 Å². The molecule has 3 rings (SSSR count). The van der Waals surface area contributed by atoms with Gasteiger partial charge in [-0.25, -0.2) is 0 Å². The van der Waals surface area contributed by atoms with E-state index >= 15 is 0 Å². The SMILES string of the molecule is COc1cc(C(=O)N(C)C[C@@H]2COc3ccccc3O2)ccc1OC(F)F. The van der Waals surface area contributed by atoms with Gasteiger partial charge in [0.1, 0.15) is 6.61 Å². The molecule has 1 atom stereocenters. The van der Waals surface area contributed by atoms with Crippen LogP contribution in [-0.2, 0) is 0 Å². The van der Waals surface area contributed by atoms with Gasteiger partial charge >= 0.3 is 6.61 Å². The molecule has 1 amide bonds. The summed E-state index contributed by atoms with van der Waals surface area (Å²) in [6.07, 6.45) is -0.322. The molecule has 1 heterocycles. The van der Waals surface area contributed by atoms with Gasteiger partial charge in [0.2, 0.25) is 0 Å². The topological polar surface area (TPSA) is 57.2 Å². The number of halogens is 2. The molecule has 0 saturated heterocycles. The van der Waals surface area contributed by atoms with E-state index in [2.05, 4.69) is 4.74 Å². The highest BCUT2D eigenvalue weighted by Gasteiger charge is 2.24. The molecule has 8 heteroatoms. The van der Waals surface area contributed by atoms with Crippen LogP contribution in [0.5, 0.6) is 23.0 Å². The quantitative estimate of drug-likeness (QED) is 0.772. The van der Waals surface area contributed by atoms with Gasteiger partial charge in [0.05, 0.1) is 13.7 Å². The number of fused-ring (bicyclic) bond motifs is 1. The molecule has 2 aromatic carbocycles. The third-order valence-corrected chi connectivity index (χ3v) is 4.02. The molecule has 0 aromatic heterocycles. The van der Waals surface area contributed by atoms with Crippen LogP contribution in [0.1, 0.15) is 10.4 Å². The summed E-state index contributed by atoms with van der Waals surface area (Å²) in [6, 6.07) is 11.4. The van der Waals surface area contributed by atoms with Gasteiger partial charge in [0, 0.05) is 12.6 Å². The van der Waals surface area contributed by atoms with E-state index in [4.69, 9.17) is 14.2 Å². The summed E-state index contributed by atoms with van der Waals surface area (Å²) in [5, 5.41) is 0. The fraction of sp³-hybridized carbons (Fsp3) is 0.316. The lowest BCUT2D eigenvalue weighted by molar-refractivity contribution is -0.0512. The molecule has 1 aliphatic rings. The number of carbonyl (C=O) groups is 1. The number of ether oxygens (including phenoxy) is 4. The number of alkyl halides is 2. The zero-order chi connectivity index (χ0) is 19.4. The zero-order valence-corrected chi connectivity index (χ0v) is 14.9. The van der Waals surface area contributed by atoms with Crippen LogP contribution in [0.25, 0.3) is 0 Å². The van der Waals surface area contributed by atoms with Crippen molar-refractivity contribution in [2.45, 2.75) is 12.7 Å². The fourth-order valence-electron chi connectivity index (χ4n) is 2.76. The Morgan fingerprint density at radius 1 is 1.22 bits per heavy atom. The fourth-order valence-corrected chi connectivity index (χ4v) is 2.76. The number of likely N-dealkylation sites (N-methyl/N-ethyl adjacent to an activating group) is 1. The van der Waals surface area contributed by atoms with Crippen molar-refractivity contribution in [3.8, 4) is 23.0 Å². The van der Waals surface area contributed by atoms with Gasteiger partial charge in [-0.1, -0.05) is 12.1 Å². The first kappa shape index (κ1) is 18.8. The zero-order valence-electron chi connectivity index (χ0n) is 14.9. The summed E-state index contributed by atoms with van der Waals surface area (Å²) in [6.45, 7) is -2.36. The van der Waals surface area contributed by atoms with Crippen LogP contribution in [0.2, 0.25) is 0 Å². The number of amides is 1. The number of hydrogen-bond donors (Lipinski definition) is 0. The number of nitrogens with zero attached hydrogens (tertiary/aromatic N) is 1. The van der Waals surface area contributed by atoms with E-state index in [1.807, 2.05) is 18.2 Å². The van der Waals surface area contributed by atoms with Crippen molar-refractivity contribution >= 4 is 5.91 Å². The maximum absolute atomic E-state index is 12.7. The van der Waals surface area contributed by atoms with Crippen LogP contribution < -0.4 is 18.9 Å². The van der Waals surface area contributed by atoms with E-state index < -0.39 is 6.61 Å². The van der Waals surface area contributed by atoms with Gasteiger partial charge in [-0.05, 0) is 30.3 Å². The maximum atomic E-state index is 12.7. The van der Waals surface area contributed by atoms with Gasteiger partial charge in [0.25, 0.3) is 5.91 Å². The predicted octanol–water partition coefficient (Wildman–Crippen LogP) is 3.21. The minimum Gasteiger partial charge on any atom is -0.493 e. The van der Waals surface area contributed by atoms with Crippen LogP contribution in [0, 0.1) is 0 Å². The van der Waals surface area contributed by atoms with E-state index in [0.717, 1.165) is 0 Å². The Morgan fingerprint density at radius 2 is 1.96 bits per heavy atom. The maximum Gasteiger partial charge on any atom is 0.387 e. The molecule has 0 saturated carbocycles. The molecule has 0 unspecified atom stereocenters. The lowest BCUT2D eigenvalue weighted by atomic mass is 10.1. The number of rotatable bonds is 6. The minimum absolute atomic E-state index is 0.0562. The molecule has 1 aliphatic heterocycles. The molecule has 0 fully saturated rings. The molecule has 0 aliphatic carbocycles. The number of hydrogen-bond acceptors (Lipinski definition) is 5. The van der Waals surface area contributed by atoms with E-state index in [-0.39, 0.29) is 29.1 Å². The molecule has 6 nitrogen and oxygen atoms in total. The first-order chi connectivity index (χ1) is 13.0. The molecule has 0 bridgehead atoms. The lowest BCUT2D eigenvalue weighted by Crippen LogP contribution is -2.41.